The van der Waals surface area contributed by atoms with E-state index in [1.54, 1.807) is 6.07 Å². The first kappa shape index (κ1) is 15.3. The molecule has 112 valence electrons. The maximum atomic E-state index is 9.66. The molecular weight excluding hydrogens is 248 g/mol. The summed E-state index contributed by atoms with van der Waals surface area (Å²) in [7, 11) is 4.41. The molecule has 0 amide bonds. The molecule has 0 aromatic heterocycles. The maximum absolute atomic E-state index is 9.66. The van der Waals surface area contributed by atoms with Crippen LogP contribution in [-0.2, 0) is 6.42 Å². The fraction of sp³-hybridized carbons (Fsp3) is 0.647. The number of rotatable bonds is 6. The Labute approximate surface area is 123 Å². The number of hydrogen-bond donors (Lipinski definition) is 2. The standard InChI is InChI=1S/C17H28N2O/c1-4-18-16(13-14-8-7-9-15(20)12-14)17(19(2)3)10-5-6-11-17/h7-9,12,16,18,20H,4-6,10-11,13H2,1-3H3. The second-order valence-corrected chi connectivity index (χ2v) is 6.19. The highest BCUT2D eigenvalue weighted by Crippen LogP contribution is 2.38. The van der Waals surface area contributed by atoms with Crippen LogP contribution in [0.2, 0.25) is 0 Å². The predicted octanol–water partition coefficient (Wildman–Crippen LogP) is 2.79. The number of likely N-dealkylation sites (N-methyl/N-ethyl adjacent to an activating group) is 2. The Morgan fingerprint density at radius 1 is 1.30 bits per heavy atom. The topological polar surface area (TPSA) is 35.5 Å². The molecule has 1 fully saturated rings. The van der Waals surface area contributed by atoms with Crippen molar-refractivity contribution in [3.05, 3.63) is 29.8 Å². The Balaban J connectivity index is 2.21. The smallest absolute Gasteiger partial charge is 0.115 e. The lowest BCUT2D eigenvalue weighted by Crippen LogP contribution is -2.58. The van der Waals surface area contributed by atoms with Crippen LogP contribution in [0.4, 0.5) is 0 Å². The molecule has 0 bridgehead atoms. The van der Waals surface area contributed by atoms with Crippen LogP contribution in [0.25, 0.3) is 0 Å². The highest BCUT2D eigenvalue weighted by molar-refractivity contribution is 5.28. The molecule has 0 radical (unpaired) electrons. The van der Waals surface area contributed by atoms with E-state index in [1.165, 1.54) is 31.2 Å². The molecule has 1 aliphatic carbocycles. The van der Waals surface area contributed by atoms with E-state index >= 15 is 0 Å². The predicted molar refractivity (Wildman–Crippen MR) is 84.2 cm³/mol. The average molecular weight is 276 g/mol. The van der Waals surface area contributed by atoms with Crippen LogP contribution >= 0.6 is 0 Å². The number of hydrogen-bond acceptors (Lipinski definition) is 3. The minimum absolute atomic E-state index is 0.251. The first-order valence-corrected chi connectivity index (χ1v) is 7.77. The molecule has 0 spiro atoms. The molecule has 1 aliphatic rings. The van der Waals surface area contributed by atoms with Crippen LogP contribution in [-0.4, -0.2) is 42.2 Å². The van der Waals surface area contributed by atoms with Crippen LogP contribution in [0.5, 0.6) is 5.75 Å². The van der Waals surface area contributed by atoms with Crippen LogP contribution in [0.1, 0.15) is 38.2 Å². The zero-order valence-corrected chi connectivity index (χ0v) is 13.0. The molecule has 1 saturated carbocycles. The highest BCUT2D eigenvalue weighted by atomic mass is 16.3. The molecule has 3 nitrogen and oxygen atoms in total. The largest absolute Gasteiger partial charge is 0.508 e. The Hall–Kier alpha value is -1.06. The van der Waals surface area contributed by atoms with Gasteiger partial charge in [-0.15, -0.1) is 0 Å². The van der Waals surface area contributed by atoms with Crippen molar-refractivity contribution in [2.45, 2.75) is 50.6 Å². The van der Waals surface area contributed by atoms with Gasteiger partial charge in [-0.2, -0.15) is 0 Å². The molecule has 1 atom stereocenters. The Kier molecular flexibility index (Phi) is 5.06. The fourth-order valence-corrected chi connectivity index (χ4v) is 3.71. The van der Waals surface area contributed by atoms with Gasteiger partial charge in [-0.3, -0.25) is 0 Å². The van der Waals surface area contributed by atoms with E-state index in [9.17, 15) is 5.11 Å². The summed E-state index contributed by atoms with van der Waals surface area (Å²) in [4.78, 5) is 2.41. The van der Waals surface area contributed by atoms with Gasteiger partial charge in [-0.1, -0.05) is 31.9 Å². The van der Waals surface area contributed by atoms with E-state index < -0.39 is 0 Å². The Morgan fingerprint density at radius 3 is 2.55 bits per heavy atom. The molecule has 1 unspecified atom stereocenters. The van der Waals surface area contributed by atoms with Crippen LogP contribution in [0.15, 0.2) is 24.3 Å². The van der Waals surface area contributed by atoms with Gasteiger partial charge in [0.05, 0.1) is 0 Å². The molecule has 2 N–H and O–H groups in total. The van der Waals surface area contributed by atoms with Crippen molar-refractivity contribution in [3.63, 3.8) is 0 Å². The molecular formula is C17H28N2O. The lowest BCUT2D eigenvalue weighted by molar-refractivity contribution is 0.105. The summed E-state index contributed by atoms with van der Waals surface area (Å²) in [5, 5.41) is 13.4. The first-order valence-electron chi connectivity index (χ1n) is 7.77. The van der Waals surface area contributed by atoms with Gasteiger partial charge in [0.1, 0.15) is 5.75 Å². The summed E-state index contributed by atoms with van der Waals surface area (Å²) in [6.45, 7) is 3.16. The van der Waals surface area contributed by atoms with Crippen molar-refractivity contribution in [3.8, 4) is 5.75 Å². The van der Waals surface area contributed by atoms with Gasteiger partial charge in [-0.05, 0) is 57.6 Å². The van der Waals surface area contributed by atoms with Crippen LogP contribution in [0, 0.1) is 0 Å². The quantitative estimate of drug-likeness (QED) is 0.838. The molecule has 1 aromatic rings. The summed E-state index contributed by atoms with van der Waals surface area (Å²) < 4.78 is 0. The van der Waals surface area contributed by atoms with E-state index in [1.807, 2.05) is 12.1 Å². The van der Waals surface area contributed by atoms with Gasteiger partial charge in [0.15, 0.2) is 0 Å². The highest BCUT2D eigenvalue weighted by Gasteiger charge is 2.42. The molecule has 3 heteroatoms. The van der Waals surface area contributed by atoms with Crippen molar-refractivity contribution in [2.75, 3.05) is 20.6 Å². The average Bonchev–Trinajstić information content (AvgIpc) is 2.89. The maximum Gasteiger partial charge on any atom is 0.115 e. The fourth-order valence-electron chi connectivity index (χ4n) is 3.71. The van der Waals surface area contributed by atoms with Crippen molar-refractivity contribution < 1.29 is 5.11 Å². The monoisotopic (exact) mass is 276 g/mol. The number of nitrogens with one attached hydrogen (secondary N) is 1. The molecule has 1 aromatic carbocycles. The van der Waals surface area contributed by atoms with Crippen molar-refractivity contribution >= 4 is 0 Å². The molecule has 20 heavy (non-hydrogen) atoms. The van der Waals surface area contributed by atoms with Gasteiger partial charge < -0.3 is 15.3 Å². The van der Waals surface area contributed by atoms with E-state index in [0.29, 0.717) is 11.8 Å². The Morgan fingerprint density at radius 2 is 2.00 bits per heavy atom. The molecule has 0 saturated heterocycles. The van der Waals surface area contributed by atoms with E-state index in [0.717, 1.165) is 13.0 Å². The number of benzene rings is 1. The minimum atomic E-state index is 0.251. The summed E-state index contributed by atoms with van der Waals surface area (Å²) in [5.41, 5.74) is 1.46. The van der Waals surface area contributed by atoms with Crippen LogP contribution in [0.3, 0.4) is 0 Å². The minimum Gasteiger partial charge on any atom is -0.508 e. The van der Waals surface area contributed by atoms with Crippen molar-refractivity contribution in [2.24, 2.45) is 0 Å². The third-order valence-corrected chi connectivity index (χ3v) is 4.81. The zero-order valence-electron chi connectivity index (χ0n) is 13.0. The normalized spacial score (nSPS) is 19.4. The SMILES string of the molecule is CCNC(Cc1cccc(O)c1)C1(N(C)C)CCCC1. The van der Waals surface area contributed by atoms with Gasteiger partial charge in [0, 0.05) is 11.6 Å². The summed E-state index contributed by atoms with van der Waals surface area (Å²) in [6.07, 6.45) is 6.13. The van der Waals surface area contributed by atoms with Crippen molar-refractivity contribution in [1.82, 2.24) is 10.2 Å². The third kappa shape index (κ3) is 3.15. The van der Waals surface area contributed by atoms with Gasteiger partial charge in [-0.25, -0.2) is 0 Å². The summed E-state index contributed by atoms with van der Waals surface area (Å²) in [5.74, 6) is 0.364. The van der Waals surface area contributed by atoms with Gasteiger partial charge >= 0.3 is 0 Å². The van der Waals surface area contributed by atoms with Gasteiger partial charge in [0.2, 0.25) is 0 Å². The molecule has 2 rings (SSSR count). The first-order chi connectivity index (χ1) is 9.58. The zero-order chi connectivity index (χ0) is 14.6. The second kappa shape index (κ2) is 6.59. The molecule has 0 heterocycles. The lowest BCUT2D eigenvalue weighted by Gasteiger charge is -2.44. The Bertz CT molecular complexity index is 425. The van der Waals surface area contributed by atoms with Crippen LogP contribution < -0.4 is 5.32 Å². The third-order valence-electron chi connectivity index (χ3n) is 4.81. The molecule has 0 aliphatic heterocycles. The van der Waals surface area contributed by atoms with Crippen molar-refractivity contribution in [1.29, 1.82) is 0 Å². The van der Waals surface area contributed by atoms with Gasteiger partial charge in [0.25, 0.3) is 0 Å². The number of aromatic hydroxyl groups is 1. The van der Waals surface area contributed by atoms with E-state index in [2.05, 4.69) is 37.3 Å². The number of phenols is 1. The summed E-state index contributed by atoms with van der Waals surface area (Å²) in [6, 6.07) is 8.12. The number of nitrogens with zero attached hydrogens (tertiary/aromatic N) is 1. The van der Waals surface area contributed by atoms with E-state index in [-0.39, 0.29) is 5.54 Å². The number of phenolic OH excluding ortho intramolecular Hbond substituents is 1. The lowest BCUT2D eigenvalue weighted by atomic mass is 9.83. The summed E-state index contributed by atoms with van der Waals surface area (Å²) >= 11 is 0. The second-order valence-electron chi connectivity index (χ2n) is 6.19. The van der Waals surface area contributed by atoms with E-state index in [4.69, 9.17) is 0 Å².